The molecule has 0 aliphatic heterocycles. The molecule has 0 aliphatic rings. The van der Waals surface area contributed by atoms with Gasteiger partial charge in [-0.1, -0.05) is 41.9 Å². The van der Waals surface area contributed by atoms with Crippen molar-refractivity contribution in [2.75, 3.05) is 6.61 Å². The van der Waals surface area contributed by atoms with Gasteiger partial charge in [0.1, 0.15) is 6.54 Å². The quantitative estimate of drug-likeness (QED) is 0.491. The second-order valence-electron chi connectivity index (χ2n) is 6.87. The summed E-state index contributed by atoms with van der Waals surface area (Å²) in [5, 5.41) is 14.7. The highest BCUT2D eigenvalue weighted by atomic mass is 35.5. The van der Waals surface area contributed by atoms with Gasteiger partial charge in [0.2, 0.25) is 11.7 Å². The normalized spacial score (nSPS) is 12.3. The number of nitrogens with zero attached hydrogens (tertiary/aromatic N) is 4. The van der Waals surface area contributed by atoms with E-state index in [1.54, 1.807) is 31.2 Å². The molecule has 2 aromatic carbocycles. The van der Waals surface area contributed by atoms with Gasteiger partial charge in [0.05, 0.1) is 24.6 Å². The molecule has 0 fully saturated rings. The Balaban J connectivity index is 1.70. The van der Waals surface area contributed by atoms with Crippen LogP contribution in [0.15, 0.2) is 48.5 Å². The maximum atomic E-state index is 12.7. The molecule has 12 heteroatoms. The number of amides is 1. The molecule has 0 unspecified atom stereocenters. The van der Waals surface area contributed by atoms with Gasteiger partial charge >= 0.3 is 12.1 Å². The molecule has 3 aromatic rings. The number of aromatic nitrogens is 4. The van der Waals surface area contributed by atoms with Crippen LogP contribution in [0.1, 0.15) is 30.5 Å². The van der Waals surface area contributed by atoms with Crippen LogP contribution in [0.25, 0.3) is 11.4 Å². The maximum Gasteiger partial charge on any atom is 0.416 e. The van der Waals surface area contributed by atoms with Crippen molar-refractivity contribution in [3.8, 4) is 11.4 Å². The van der Waals surface area contributed by atoms with E-state index >= 15 is 0 Å². The number of benzene rings is 2. The van der Waals surface area contributed by atoms with Crippen molar-refractivity contribution in [3.05, 3.63) is 64.7 Å². The number of hydrogen-bond acceptors (Lipinski definition) is 6. The summed E-state index contributed by atoms with van der Waals surface area (Å²) in [6.45, 7) is 1.53. The summed E-state index contributed by atoms with van der Waals surface area (Å²) >= 11 is 6.22. The van der Waals surface area contributed by atoms with E-state index in [-0.39, 0.29) is 25.4 Å². The molecule has 1 amide bonds. The number of halogens is 4. The minimum Gasteiger partial charge on any atom is -0.466 e. The smallest absolute Gasteiger partial charge is 0.416 e. The lowest BCUT2D eigenvalue weighted by Gasteiger charge is -2.19. The Hall–Kier alpha value is -3.47. The first kappa shape index (κ1) is 24.2. The third kappa shape index (κ3) is 6.51. The van der Waals surface area contributed by atoms with Gasteiger partial charge in [-0.3, -0.25) is 9.59 Å². The Kier molecular flexibility index (Phi) is 7.64. The summed E-state index contributed by atoms with van der Waals surface area (Å²) in [4.78, 5) is 25.6. The van der Waals surface area contributed by atoms with E-state index in [1.165, 1.54) is 12.1 Å². The molecular formula is C21H19ClF3N5O3. The fraction of sp³-hybridized carbons (Fsp3) is 0.286. The Morgan fingerprint density at radius 1 is 1.15 bits per heavy atom. The highest BCUT2D eigenvalue weighted by Crippen LogP contribution is 2.30. The zero-order valence-electron chi connectivity index (χ0n) is 17.3. The molecule has 0 saturated heterocycles. The molecule has 0 bridgehead atoms. The van der Waals surface area contributed by atoms with Gasteiger partial charge in [-0.25, -0.2) is 0 Å². The molecule has 174 valence electrons. The average Bonchev–Trinajstić information content (AvgIpc) is 3.21. The molecule has 0 radical (unpaired) electrons. The van der Waals surface area contributed by atoms with Gasteiger partial charge in [0.25, 0.3) is 0 Å². The number of nitrogens with one attached hydrogen (secondary N) is 1. The zero-order chi connectivity index (χ0) is 24.0. The molecule has 1 aromatic heterocycles. The van der Waals surface area contributed by atoms with Crippen LogP contribution in [0.3, 0.4) is 0 Å². The fourth-order valence-electron chi connectivity index (χ4n) is 2.99. The van der Waals surface area contributed by atoms with Crippen LogP contribution in [-0.2, 0) is 27.0 Å². The van der Waals surface area contributed by atoms with Crippen molar-refractivity contribution in [2.24, 2.45) is 0 Å². The van der Waals surface area contributed by atoms with Crippen LogP contribution in [0, 0.1) is 0 Å². The Morgan fingerprint density at radius 3 is 2.48 bits per heavy atom. The largest absolute Gasteiger partial charge is 0.466 e. The summed E-state index contributed by atoms with van der Waals surface area (Å²) in [5.41, 5.74) is 0.0497. The number of ether oxygens (including phenoxy) is 1. The number of carbonyl (C=O) groups excluding carboxylic acids is 2. The van der Waals surface area contributed by atoms with Crippen molar-refractivity contribution in [3.63, 3.8) is 0 Å². The lowest BCUT2D eigenvalue weighted by atomic mass is 10.0. The van der Waals surface area contributed by atoms with E-state index < -0.39 is 29.7 Å². The van der Waals surface area contributed by atoms with Crippen molar-refractivity contribution in [2.45, 2.75) is 32.1 Å². The summed E-state index contributed by atoms with van der Waals surface area (Å²) in [7, 11) is 0. The standard InChI is InChI=1S/C21H19ClF3N5O3/c1-2-33-19(32)11-17(15-5-3-4-6-16(15)22)26-18(31)12-30-28-20(27-29-30)13-7-9-14(10-8-13)21(23,24)25/h3-10,17H,2,11-12H2,1H3,(H,26,31)/t17-/m0/s1. The Bertz CT molecular complexity index is 1120. The molecule has 8 nitrogen and oxygen atoms in total. The lowest BCUT2D eigenvalue weighted by Crippen LogP contribution is -2.34. The van der Waals surface area contributed by atoms with E-state index in [9.17, 15) is 22.8 Å². The monoisotopic (exact) mass is 481 g/mol. The highest BCUT2D eigenvalue weighted by molar-refractivity contribution is 6.31. The molecular weight excluding hydrogens is 463 g/mol. The summed E-state index contributed by atoms with van der Waals surface area (Å²) in [6, 6.07) is 10.3. The topological polar surface area (TPSA) is 99.0 Å². The molecule has 1 atom stereocenters. The number of carbonyl (C=O) groups is 2. The van der Waals surface area contributed by atoms with Crippen molar-refractivity contribution >= 4 is 23.5 Å². The molecule has 0 spiro atoms. The fourth-order valence-corrected chi connectivity index (χ4v) is 3.25. The van der Waals surface area contributed by atoms with Gasteiger partial charge in [0, 0.05) is 10.6 Å². The van der Waals surface area contributed by atoms with Gasteiger partial charge < -0.3 is 10.1 Å². The first-order valence-corrected chi connectivity index (χ1v) is 10.2. The minimum absolute atomic E-state index is 0.0608. The zero-order valence-corrected chi connectivity index (χ0v) is 18.1. The number of esters is 1. The van der Waals surface area contributed by atoms with E-state index in [0.29, 0.717) is 16.1 Å². The molecule has 1 heterocycles. The summed E-state index contributed by atoms with van der Waals surface area (Å²) < 4.78 is 43.1. The molecule has 33 heavy (non-hydrogen) atoms. The van der Waals surface area contributed by atoms with Crippen molar-refractivity contribution in [1.82, 2.24) is 25.5 Å². The average molecular weight is 482 g/mol. The Labute approximate surface area is 191 Å². The van der Waals surface area contributed by atoms with E-state index in [2.05, 4.69) is 20.7 Å². The van der Waals surface area contributed by atoms with Gasteiger partial charge in [-0.15, -0.1) is 10.2 Å². The number of rotatable bonds is 8. The maximum absolute atomic E-state index is 12.7. The predicted molar refractivity (Wildman–Crippen MR) is 112 cm³/mol. The summed E-state index contributed by atoms with van der Waals surface area (Å²) in [6.07, 6.45) is -4.59. The number of tetrazole rings is 1. The Morgan fingerprint density at radius 2 is 1.85 bits per heavy atom. The lowest BCUT2D eigenvalue weighted by molar-refractivity contribution is -0.144. The first-order valence-electron chi connectivity index (χ1n) is 9.82. The minimum atomic E-state index is -4.45. The van der Waals surface area contributed by atoms with Crippen LogP contribution in [0.4, 0.5) is 13.2 Å². The summed E-state index contributed by atoms with van der Waals surface area (Å²) in [5.74, 6) is -0.975. The third-order valence-corrected chi connectivity index (χ3v) is 4.84. The second-order valence-corrected chi connectivity index (χ2v) is 7.28. The van der Waals surface area contributed by atoms with Crippen molar-refractivity contribution < 1.29 is 27.5 Å². The van der Waals surface area contributed by atoms with Gasteiger partial charge in [-0.2, -0.15) is 18.0 Å². The SMILES string of the molecule is CCOC(=O)C[C@H](NC(=O)Cn1nnc(-c2ccc(C(F)(F)F)cc2)n1)c1ccccc1Cl. The second kappa shape index (κ2) is 10.4. The van der Waals surface area contributed by atoms with Crippen LogP contribution >= 0.6 is 11.6 Å². The van der Waals surface area contributed by atoms with E-state index in [4.69, 9.17) is 16.3 Å². The van der Waals surface area contributed by atoms with Gasteiger partial charge in [0.15, 0.2) is 0 Å². The van der Waals surface area contributed by atoms with E-state index in [0.717, 1.165) is 16.9 Å². The van der Waals surface area contributed by atoms with E-state index in [1.807, 2.05) is 0 Å². The van der Waals surface area contributed by atoms with Crippen LogP contribution < -0.4 is 5.32 Å². The number of alkyl halides is 3. The number of hydrogen-bond donors (Lipinski definition) is 1. The van der Waals surface area contributed by atoms with Crippen LogP contribution in [-0.4, -0.2) is 38.7 Å². The molecule has 1 N–H and O–H groups in total. The van der Waals surface area contributed by atoms with Crippen molar-refractivity contribution in [1.29, 1.82) is 0 Å². The predicted octanol–water partition coefficient (Wildman–Crippen LogP) is 3.82. The molecule has 3 rings (SSSR count). The highest BCUT2D eigenvalue weighted by Gasteiger charge is 2.30. The van der Waals surface area contributed by atoms with Crippen LogP contribution in [0.5, 0.6) is 0 Å². The van der Waals surface area contributed by atoms with Crippen LogP contribution in [0.2, 0.25) is 5.02 Å². The third-order valence-electron chi connectivity index (χ3n) is 4.50. The van der Waals surface area contributed by atoms with Gasteiger partial charge in [-0.05, 0) is 35.9 Å². The molecule has 0 aliphatic carbocycles. The first-order chi connectivity index (χ1) is 15.7. The molecule has 0 saturated carbocycles.